The number of hydrogen-bond acceptors (Lipinski definition) is 5. The van der Waals surface area contributed by atoms with Gasteiger partial charge in [0.2, 0.25) is 5.91 Å². The molecule has 2 amide bonds. The van der Waals surface area contributed by atoms with Crippen molar-refractivity contribution in [2.24, 2.45) is 11.3 Å². The minimum Gasteiger partial charge on any atom is -0.484 e. The van der Waals surface area contributed by atoms with Gasteiger partial charge in [0.05, 0.1) is 22.6 Å². The molecule has 7 nitrogen and oxygen atoms in total. The number of aliphatic hydroxyl groups is 1. The summed E-state index contributed by atoms with van der Waals surface area (Å²) >= 11 is 5.71. The summed E-state index contributed by atoms with van der Waals surface area (Å²) < 4.78 is 19.1. The summed E-state index contributed by atoms with van der Waals surface area (Å²) in [6.07, 6.45) is 14.3. The second kappa shape index (κ2) is 12.5. The van der Waals surface area contributed by atoms with Crippen molar-refractivity contribution >= 4 is 23.4 Å². The molecule has 1 aromatic carbocycles. The molecule has 1 aromatic rings. The van der Waals surface area contributed by atoms with Crippen molar-refractivity contribution < 1.29 is 23.8 Å². The highest BCUT2D eigenvalue weighted by molar-refractivity contribution is 6.30. The van der Waals surface area contributed by atoms with Gasteiger partial charge in [0.1, 0.15) is 11.6 Å². The lowest BCUT2D eigenvalue weighted by Gasteiger charge is -2.57. The quantitative estimate of drug-likeness (QED) is 0.380. The van der Waals surface area contributed by atoms with Crippen LogP contribution in [0.15, 0.2) is 18.2 Å². The first-order valence-electron chi connectivity index (χ1n) is 15.3. The Morgan fingerprint density at radius 3 is 2.30 bits per heavy atom. The van der Waals surface area contributed by atoms with E-state index in [1.54, 1.807) is 0 Å². The summed E-state index contributed by atoms with van der Waals surface area (Å²) in [5, 5.41) is 21.3. The summed E-state index contributed by atoms with van der Waals surface area (Å²) in [6, 6.07) is 4.06. The minimum absolute atomic E-state index is 0.00451. The van der Waals surface area contributed by atoms with Crippen LogP contribution in [0.25, 0.3) is 0 Å². The number of amides is 2. The summed E-state index contributed by atoms with van der Waals surface area (Å²) in [6.45, 7) is 1.42. The Morgan fingerprint density at radius 1 is 0.975 bits per heavy atom. The van der Waals surface area contributed by atoms with Crippen LogP contribution in [0, 0.1) is 17.2 Å². The van der Waals surface area contributed by atoms with E-state index < -0.39 is 23.0 Å². The fraction of sp³-hybridized carbons (Fsp3) is 0.742. The number of halogens is 2. The van der Waals surface area contributed by atoms with E-state index in [0.29, 0.717) is 38.6 Å². The number of piperidine rings is 1. The van der Waals surface area contributed by atoms with Crippen LogP contribution in [0.3, 0.4) is 0 Å². The van der Waals surface area contributed by atoms with Gasteiger partial charge in [-0.2, -0.15) is 0 Å². The molecule has 5 fully saturated rings. The van der Waals surface area contributed by atoms with E-state index in [0.717, 1.165) is 31.9 Å². The zero-order valence-corrected chi connectivity index (χ0v) is 24.3. The van der Waals surface area contributed by atoms with Crippen LogP contribution in [0.5, 0.6) is 5.75 Å². The number of rotatable bonds is 6. The first-order valence-corrected chi connectivity index (χ1v) is 15.7. The van der Waals surface area contributed by atoms with E-state index in [1.165, 1.54) is 57.1 Å². The molecule has 2 bridgehead atoms. The lowest BCUT2D eigenvalue weighted by Crippen LogP contribution is -2.71. The molecule has 0 aromatic heterocycles. The van der Waals surface area contributed by atoms with Gasteiger partial charge in [-0.3, -0.25) is 9.59 Å². The molecule has 222 valence electrons. The lowest BCUT2D eigenvalue weighted by atomic mass is 9.59. The van der Waals surface area contributed by atoms with Gasteiger partial charge in [-0.1, -0.05) is 56.5 Å². The third kappa shape index (κ3) is 6.44. The van der Waals surface area contributed by atoms with Gasteiger partial charge in [-0.25, -0.2) is 4.39 Å². The van der Waals surface area contributed by atoms with Crippen molar-refractivity contribution in [1.82, 2.24) is 16.0 Å². The normalized spacial score (nSPS) is 32.3. The van der Waals surface area contributed by atoms with Gasteiger partial charge in [-0.05, 0) is 75.5 Å². The number of fused-ring (bicyclic) bond motifs is 3. The summed E-state index contributed by atoms with van der Waals surface area (Å²) in [5.41, 5.74) is -1.13. The Hall–Kier alpha value is -1.90. The van der Waals surface area contributed by atoms with Gasteiger partial charge in [0, 0.05) is 18.2 Å². The number of hydrogen-bond donors (Lipinski definition) is 4. The van der Waals surface area contributed by atoms with Crippen LogP contribution in [0.2, 0.25) is 5.02 Å². The third-order valence-corrected chi connectivity index (χ3v) is 10.7. The smallest absolute Gasteiger partial charge is 0.258 e. The third-order valence-electron chi connectivity index (χ3n) is 10.4. The van der Waals surface area contributed by atoms with Gasteiger partial charge in [0.25, 0.3) is 5.91 Å². The van der Waals surface area contributed by atoms with Gasteiger partial charge in [0.15, 0.2) is 6.61 Å². The van der Waals surface area contributed by atoms with E-state index in [1.807, 2.05) is 0 Å². The molecule has 6 rings (SSSR count). The largest absolute Gasteiger partial charge is 0.484 e. The molecule has 1 spiro atoms. The van der Waals surface area contributed by atoms with Crippen molar-refractivity contribution in [3.63, 3.8) is 0 Å². The number of benzene rings is 1. The minimum atomic E-state index is -0.734. The fourth-order valence-corrected chi connectivity index (χ4v) is 8.07. The lowest BCUT2D eigenvalue weighted by molar-refractivity contribution is -0.142. The molecule has 0 radical (unpaired) electrons. The first-order chi connectivity index (χ1) is 19.2. The van der Waals surface area contributed by atoms with Crippen LogP contribution in [0.1, 0.15) is 96.3 Å². The van der Waals surface area contributed by atoms with E-state index in [-0.39, 0.29) is 40.5 Å². The van der Waals surface area contributed by atoms with Crippen LogP contribution in [-0.2, 0) is 9.59 Å². The number of ether oxygens (including phenoxy) is 1. The predicted octanol–water partition coefficient (Wildman–Crippen LogP) is 5.03. The van der Waals surface area contributed by atoms with Crippen LogP contribution in [0.4, 0.5) is 4.39 Å². The van der Waals surface area contributed by atoms with Gasteiger partial charge in [-0.15, -0.1) is 0 Å². The number of carbonyl (C=O) groups is 2. The number of nitrogens with one attached hydrogen (secondary N) is 3. The molecule has 4 aliphatic carbocycles. The van der Waals surface area contributed by atoms with Crippen molar-refractivity contribution in [1.29, 1.82) is 0 Å². The summed E-state index contributed by atoms with van der Waals surface area (Å²) in [5.74, 6) is -0.674. The molecule has 4 N–H and O–H groups in total. The van der Waals surface area contributed by atoms with Crippen LogP contribution < -0.4 is 20.7 Å². The van der Waals surface area contributed by atoms with Crippen LogP contribution in [-0.4, -0.2) is 53.8 Å². The zero-order valence-electron chi connectivity index (χ0n) is 23.5. The topological polar surface area (TPSA) is 99.7 Å². The molecular weight excluding hydrogens is 533 g/mol. The highest BCUT2D eigenvalue weighted by atomic mass is 35.5. The monoisotopic (exact) mass is 577 g/mol. The van der Waals surface area contributed by atoms with E-state index in [9.17, 15) is 19.1 Å². The molecule has 9 heteroatoms. The van der Waals surface area contributed by atoms with E-state index in [2.05, 4.69) is 16.0 Å². The van der Waals surface area contributed by atoms with Gasteiger partial charge >= 0.3 is 0 Å². The second-order valence-corrected chi connectivity index (χ2v) is 13.3. The highest BCUT2D eigenvalue weighted by Gasteiger charge is 2.56. The van der Waals surface area contributed by atoms with Gasteiger partial charge < -0.3 is 25.8 Å². The van der Waals surface area contributed by atoms with E-state index in [4.69, 9.17) is 16.3 Å². The molecule has 40 heavy (non-hydrogen) atoms. The number of carbonyl (C=O) groups excluding carboxylic acids is 2. The highest BCUT2D eigenvalue weighted by Crippen LogP contribution is 2.49. The average molecular weight is 578 g/mol. The Morgan fingerprint density at radius 2 is 1.65 bits per heavy atom. The maximum Gasteiger partial charge on any atom is 0.258 e. The van der Waals surface area contributed by atoms with Crippen molar-refractivity contribution in [3.8, 4) is 5.75 Å². The predicted molar refractivity (Wildman–Crippen MR) is 153 cm³/mol. The molecular formula is C31H45ClFN3O4. The Labute approximate surface area is 242 Å². The Balaban J connectivity index is 1.19. The summed E-state index contributed by atoms with van der Waals surface area (Å²) in [4.78, 5) is 26.7. The Bertz CT molecular complexity index is 1050. The first kappa shape index (κ1) is 29.6. The maximum atomic E-state index is 14.0. The SMILES string of the molecule is O=C(COc1ccc(Cl)c(F)c1)NC12CCC(NC(=O)C3CNCCC34CCCCCCCCC4)(CC1)C(O)C2. The maximum absolute atomic E-state index is 14.0. The second-order valence-electron chi connectivity index (χ2n) is 12.9. The molecule has 1 heterocycles. The van der Waals surface area contributed by atoms with Crippen molar-refractivity contribution in [2.75, 3.05) is 19.7 Å². The fourth-order valence-electron chi connectivity index (χ4n) is 7.95. The molecule has 1 saturated heterocycles. The molecule has 4 saturated carbocycles. The number of aliphatic hydroxyl groups excluding tert-OH is 1. The molecule has 2 unspecified atom stereocenters. The molecule has 5 aliphatic rings. The Kier molecular flexibility index (Phi) is 9.27. The van der Waals surface area contributed by atoms with E-state index >= 15 is 0 Å². The molecule has 1 aliphatic heterocycles. The molecule has 2 atom stereocenters. The standard InChI is InChI=1S/C31H45ClFN3O4/c32-24-9-8-22(18-25(24)33)40-21-27(38)35-30-12-14-31(15-13-30,26(37)19-30)36-28(39)23-20-34-17-16-29(23)10-6-4-2-1-3-5-7-11-29/h8-9,18,23,26,34,37H,1-7,10-17,19-21H2,(H,35,38)(H,36,39). The average Bonchev–Trinajstić information content (AvgIpc) is 2.94. The zero-order chi connectivity index (χ0) is 28.2. The summed E-state index contributed by atoms with van der Waals surface area (Å²) in [7, 11) is 0. The van der Waals surface area contributed by atoms with Crippen LogP contribution >= 0.6 is 11.6 Å². The van der Waals surface area contributed by atoms with Crippen molar-refractivity contribution in [2.45, 2.75) is 113 Å². The van der Waals surface area contributed by atoms with Crippen molar-refractivity contribution in [3.05, 3.63) is 29.0 Å².